The minimum absolute atomic E-state index is 0.101. The fraction of sp³-hybridized carbons (Fsp3) is 0.0952. The molecule has 0 bridgehead atoms. The van der Waals surface area contributed by atoms with Gasteiger partial charge in [-0.2, -0.15) is 0 Å². The molecule has 6 nitrogen and oxygen atoms in total. The number of rotatable bonds is 5. The summed E-state index contributed by atoms with van der Waals surface area (Å²) in [5.41, 5.74) is 2.39. The molecular formula is C21H18ClN3O3. The van der Waals surface area contributed by atoms with Crippen LogP contribution in [0.2, 0.25) is 5.02 Å². The molecule has 2 N–H and O–H groups in total. The molecule has 2 aromatic carbocycles. The molecular weight excluding hydrogens is 378 g/mol. The number of nitrogens with one attached hydrogen (secondary N) is 2. The maximum atomic E-state index is 12.6. The molecule has 28 heavy (non-hydrogen) atoms. The Morgan fingerprint density at radius 2 is 1.71 bits per heavy atom. The van der Waals surface area contributed by atoms with E-state index < -0.39 is 5.91 Å². The smallest absolute Gasteiger partial charge is 0.274 e. The summed E-state index contributed by atoms with van der Waals surface area (Å²) >= 11 is 6.06. The first kappa shape index (κ1) is 19.4. The molecule has 0 aliphatic heterocycles. The summed E-state index contributed by atoms with van der Waals surface area (Å²) in [7, 11) is 1.53. The number of pyridine rings is 1. The van der Waals surface area contributed by atoms with E-state index in [1.54, 1.807) is 30.3 Å². The van der Waals surface area contributed by atoms with Crippen LogP contribution in [0.4, 0.5) is 11.4 Å². The average Bonchev–Trinajstić information content (AvgIpc) is 2.70. The number of para-hydroxylation sites is 1. The van der Waals surface area contributed by atoms with Gasteiger partial charge in [-0.1, -0.05) is 29.8 Å². The van der Waals surface area contributed by atoms with Crippen molar-refractivity contribution in [2.24, 2.45) is 0 Å². The first-order valence-electron chi connectivity index (χ1n) is 8.46. The molecule has 0 atom stereocenters. The topological polar surface area (TPSA) is 80.3 Å². The number of ether oxygens (including phenoxy) is 1. The van der Waals surface area contributed by atoms with Gasteiger partial charge in [0.1, 0.15) is 11.4 Å². The van der Waals surface area contributed by atoms with E-state index in [1.165, 1.54) is 25.4 Å². The molecule has 7 heteroatoms. The van der Waals surface area contributed by atoms with E-state index in [9.17, 15) is 9.59 Å². The summed E-state index contributed by atoms with van der Waals surface area (Å²) in [5.74, 6) is -0.293. The van der Waals surface area contributed by atoms with Crippen molar-refractivity contribution in [1.29, 1.82) is 0 Å². The second-order valence-electron chi connectivity index (χ2n) is 6.02. The minimum Gasteiger partial charge on any atom is -0.495 e. The zero-order valence-corrected chi connectivity index (χ0v) is 16.1. The van der Waals surface area contributed by atoms with Gasteiger partial charge in [-0.15, -0.1) is 0 Å². The van der Waals surface area contributed by atoms with Crippen molar-refractivity contribution < 1.29 is 14.3 Å². The normalized spacial score (nSPS) is 10.2. The lowest BCUT2D eigenvalue weighted by Crippen LogP contribution is -2.17. The molecule has 3 aromatic rings. The Kier molecular flexibility index (Phi) is 5.91. The Hall–Kier alpha value is -3.38. The van der Waals surface area contributed by atoms with Crippen LogP contribution >= 0.6 is 11.6 Å². The number of aryl methyl sites for hydroxylation is 1. The van der Waals surface area contributed by atoms with Gasteiger partial charge in [-0.3, -0.25) is 14.6 Å². The maximum absolute atomic E-state index is 12.6. The second kappa shape index (κ2) is 8.54. The Bertz CT molecular complexity index is 1040. The number of hydrogen-bond acceptors (Lipinski definition) is 4. The molecule has 0 unspecified atom stereocenters. The Morgan fingerprint density at radius 3 is 2.46 bits per heavy atom. The van der Waals surface area contributed by atoms with E-state index in [0.29, 0.717) is 27.7 Å². The lowest BCUT2D eigenvalue weighted by molar-refractivity contribution is 0.102. The molecule has 1 aromatic heterocycles. The highest BCUT2D eigenvalue weighted by Crippen LogP contribution is 2.26. The molecule has 0 fully saturated rings. The molecule has 0 spiro atoms. The maximum Gasteiger partial charge on any atom is 0.274 e. The van der Waals surface area contributed by atoms with Crippen molar-refractivity contribution >= 4 is 34.8 Å². The first-order chi connectivity index (χ1) is 13.5. The number of amides is 2. The van der Waals surface area contributed by atoms with Gasteiger partial charge in [0, 0.05) is 11.8 Å². The van der Waals surface area contributed by atoms with Crippen LogP contribution in [0.5, 0.6) is 5.75 Å². The average molecular weight is 396 g/mol. The van der Waals surface area contributed by atoms with Gasteiger partial charge in [0.2, 0.25) is 0 Å². The fourth-order valence-electron chi connectivity index (χ4n) is 2.56. The standard InChI is InChI=1S/C21H18ClN3O3/c1-13-7-8-19(28-2)17(11-13)25-20(26)14-9-10-23-18(12-14)21(27)24-16-6-4-3-5-15(16)22/h3-12H,1-2H3,(H,24,27)(H,25,26). The first-order valence-corrected chi connectivity index (χ1v) is 8.83. The van der Waals surface area contributed by atoms with Crippen molar-refractivity contribution in [3.63, 3.8) is 0 Å². The SMILES string of the molecule is COc1ccc(C)cc1NC(=O)c1ccnc(C(=O)Nc2ccccc2Cl)c1. The third-order valence-corrected chi connectivity index (χ3v) is 4.31. The van der Waals surface area contributed by atoms with E-state index in [4.69, 9.17) is 16.3 Å². The van der Waals surface area contributed by atoms with Gasteiger partial charge in [-0.25, -0.2) is 0 Å². The monoisotopic (exact) mass is 395 g/mol. The number of methoxy groups -OCH3 is 1. The van der Waals surface area contributed by atoms with Crippen molar-refractivity contribution in [3.8, 4) is 5.75 Å². The largest absolute Gasteiger partial charge is 0.495 e. The number of anilines is 2. The quantitative estimate of drug-likeness (QED) is 0.663. The van der Waals surface area contributed by atoms with Gasteiger partial charge in [0.25, 0.3) is 11.8 Å². The Morgan fingerprint density at radius 1 is 0.964 bits per heavy atom. The highest BCUT2D eigenvalue weighted by Gasteiger charge is 2.15. The summed E-state index contributed by atoms with van der Waals surface area (Å²) in [6, 6.07) is 15.3. The predicted octanol–water partition coefficient (Wildman–Crippen LogP) is 4.56. The number of carbonyl (C=O) groups is 2. The van der Waals surface area contributed by atoms with Crippen LogP contribution in [-0.2, 0) is 0 Å². The molecule has 0 aliphatic carbocycles. The Labute approximate surface area is 167 Å². The lowest BCUT2D eigenvalue weighted by atomic mass is 10.1. The zero-order valence-electron chi connectivity index (χ0n) is 15.3. The van der Waals surface area contributed by atoms with Crippen LogP contribution in [0.15, 0.2) is 60.8 Å². The third kappa shape index (κ3) is 4.47. The molecule has 0 saturated heterocycles. The van der Waals surface area contributed by atoms with E-state index in [0.717, 1.165) is 5.56 Å². The Balaban J connectivity index is 1.79. The van der Waals surface area contributed by atoms with E-state index in [2.05, 4.69) is 15.6 Å². The van der Waals surface area contributed by atoms with E-state index in [-0.39, 0.29) is 11.6 Å². The summed E-state index contributed by atoms with van der Waals surface area (Å²) in [6.07, 6.45) is 1.41. The highest BCUT2D eigenvalue weighted by atomic mass is 35.5. The van der Waals surface area contributed by atoms with Gasteiger partial charge in [-0.05, 0) is 48.9 Å². The molecule has 2 amide bonds. The van der Waals surface area contributed by atoms with Crippen LogP contribution in [0.3, 0.4) is 0 Å². The van der Waals surface area contributed by atoms with Crippen molar-refractivity contribution in [2.75, 3.05) is 17.7 Å². The molecule has 1 heterocycles. The number of hydrogen-bond donors (Lipinski definition) is 2. The highest BCUT2D eigenvalue weighted by molar-refractivity contribution is 6.33. The van der Waals surface area contributed by atoms with Crippen LogP contribution in [0, 0.1) is 6.92 Å². The summed E-state index contributed by atoms with van der Waals surface area (Å²) < 4.78 is 5.27. The van der Waals surface area contributed by atoms with Crippen LogP contribution in [0.25, 0.3) is 0 Å². The van der Waals surface area contributed by atoms with E-state index in [1.807, 2.05) is 19.1 Å². The van der Waals surface area contributed by atoms with E-state index >= 15 is 0 Å². The van der Waals surface area contributed by atoms with Gasteiger partial charge in [0.15, 0.2) is 0 Å². The van der Waals surface area contributed by atoms with Gasteiger partial charge in [0.05, 0.1) is 23.5 Å². The zero-order chi connectivity index (χ0) is 20.1. The minimum atomic E-state index is -0.462. The van der Waals surface area contributed by atoms with Crippen LogP contribution in [-0.4, -0.2) is 23.9 Å². The summed E-state index contributed by atoms with van der Waals surface area (Å²) in [5, 5.41) is 5.90. The summed E-state index contributed by atoms with van der Waals surface area (Å²) in [4.78, 5) is 29.1. The van der Waals surface area contributed by atoms with Crippen molar-refractivity contribution in [2.45, 2.75) is 6.92 Å². The van der Waals surface area contributed by atoms with Crippen LogP contribution in [0.1, 0.15) is 26.4 Å². The third-order valence-electron chi connectivity index (χ3n) is 3.98. The second-order valence-corrected chi connectivity index (χ2v) is 6.43. The number of carbonyl (C=O) groups excluding carboxylic acids is 2. The molecule has 0 aliphatic rings. The van der Waals surface area contributed by atoms with Gasteiger partial charge < -0.3 is 15.4 Å². The number of nitrogens with zero attached hydrogens (tertiary/aromatic N) is 1. The number of aromatic nitrogens is 1. The van der Waals surface area contributed by atoms with Crippen molar-refractivity contribution in [3.05, 3.63) is 82.6 Å². The number of halogens is 1. The molecule has 0 saturated carbocycles. The molecule has 3 rings (SSSR count). The van der Waals surface area contributed by atoms with Crippen molar-refractivity contribution in [1.82, 2.24) is 4.98 Å². The molecule has 142 valence electrons. The molecule has 0 radical (unpaired) electrons. The predicted molar refractivity (Wildman–Crippen MR) is 109 cm³/mol. The lowest BCUT2D eigenvalue weighted by Gasteiger charge is -2.11. The fourth-order valence-corrected chi connectivity index (χ4v) is 2.74. The van der Waals surface area contributed by atoms with Crippen LogP contribution < -0.4 is 15.4 Å². The summed E-state index contributed by atoms with van der Waals surface area (Å²) in [6.45, 7) is 1.92. The van der Waals surface area contributed by atoms with Gasteiger partial charge >= 0.3 is 0 Å². The number of benzene rings is 2.